The predicted octanol–water partition coefficient (Wildman–Crippen LogP) is 0.781. The van der Waals surface area contributed by atoms with Crippen molar-refractivity contribution in [1.29, 1.82) is 0 Å². The molecule has 2 aliphatic heterocycles. The van der Waals surface area contributed by atoms with Crippen LogP contribution >= 0.6 is 0 Å². The molecule has 2 aliphatic rings. The molecule has 1 fully saturated rings. The molecule has 8 nitrogen and oxygen atoms in total. The molecule has 1 aromatic heterocycles. The van der Waals surface area contributed by atoms with Crippen LogP contribution in [0.1, 0.15) is 29.7 Å². The van der Waals surface area contributed by atoms with Crippen LogP contribution in [0.5, 0.6) is 11.5 Å². The van der Waals surface area contributed by atoms with E-state index in [1.807, 2.05) is 22.9 Å². The van der Waals surface area contributed by atoms with Crippen molar-refractivity contribution >= 4 is 5.91 Å². The van der Waals surface area contributed by atoms with Gasteiger partial charge < -0.3 is 19.9 Å². The van der Waals surface area contributed by atoms with Gasteiger partial charge in [0.15, 0.2) is 17.3 Å². The van der Waals surface area contributed by atoms with Crippen molar-refractivity contribution in [1.82, 2.24) is 14.8 Å². The largest absolute Gasteiger partial charge is 0.454 e. The number of nitrogens with zero attached hydrogens (tertiary/aromatic N) is 3. The minimum absolute atomic E-state index is 0.0532. The van der Waals surface area contributed by atoms with E-state index in [2.05, 4.69) is 10.1 Å². The summed E-state index contributed by atoms with van der Waals surface area (Å²) in [5, 5.41) is 4.48. The number of fused-ring (bicyclic) bond motifs is 1. The monoisotopic (exact) mass is 344 g/mol. The molecule has 2 aromatic rings. The first-order chi connectivity index (χ1) is 12.2. The Morgan fingerprint density at radius 1 is 1.28 bits per heavy atom. The lowest BCUT2D eigenvalue weighted by Gasteiger charge is -2.11. The number of amides is 1. The highest BCUT2D eigenvalue weighted by Gasteiger charge is 2.23. The average Bonchev–Trinajstić information content (AvgIpc) is 3.32. The van der Waals surface area contributed by atoms with E-state index in [4.69, 9.17) is 19.9 Å². The Hall–Kier alpha value is -2.61. The Bertz CT molecular complexity index is 783. The highest BCUT2D eigenvalue weighted by atomic mass is 16.7. The van der Waals surface area contributed by atoms with E-state index >= 15 is 0 Å². The molecular formula is C17H20N4O4. The van der Waals surface area contributed by atoms with Gasteiger partial charge in [-0.1, -0.05) is 6.07 Å². The fourth-order valence-corrected chi connectivity index (χ4v) is 3.17. The van der Waals surface area contributed by atoms with Crippen LogP contribution < -0.4 is 15.2 Å². The molecule has 3 heterocycles. The topological polar surface area (TPSA) is 101 Å². The molecule has 0 saturated carbocycles. The quantitative estimate of drug-likeness (QED) is 0.831. The normalized spacial score (nSPS) is 18.6. The maximum Gasteiger partial charge on any atom is 0.231 e. The first-order valence-electron chi connectivity index (χ1n) is 8.38. The molecule has 1 unspecified atom stereocenters. The summed E-state index contributed by atoms with van der Waals surface area (Å²) in [4.78, 5) is 15.7. The molecule has 0 radical (unpaired) electrons. The third-order valence-electron chi connectivity index (χ3n) is 4.40. The van der Waals surface area contributed by atoms with Crippen LogP contribution in [0.4, 0.5) is 0 Å². The van der Waals surface area contributed by atoms with Crippen molar-refractivity contribution in [3.8, 4) is 11.5 Å². The predicted molar refractivity (Wildman–Crippen MR) is 87.4 cm³/mol. The molecule has 1 atom stereocenters. The number of carbonyl (C=O) groups excluding carboxylic acids is 1. The van der Waals surface area contributed by atoms with Crippen molar-refractivity contribution in [2.45, 2.75) is 31.7 Å². The summed E-state index contributed by atoms with van der Waals surface area (Å²) in [5.74, 6) is 2.45. The van der Waals surface area contributed by atoms with Crippen molar-refractivity contribution in [2.75, 3.05) is 20.0 Å². The summed E-state index contributed by atoms with van der Waals surface area (Å²) < 4.78 is 18.1. The number of ether oxygens (including phenoxy) is 3. The third kappa shape index (κ3) is 3.43. The van der Waals surface area contributed by atoms with Gasteiger partial charge in [-0.3, -0.25) is 4.79 Å². The second-order valence-corrected chi connectivity index (χ2v) is 6.24. The maximum atomic E-state index is 11.2. The second-order valence-electron chi connectivity index (χ2n) is 6.24. The number of aryl methyl sites for hydroxylation is 2. The van der Waals surface area contributed by atoms with Crippen molar-refractivity contribution in [2.24, 2.45) is 5.73 Å². The average molecular weight is 344 g/mol. The molecule has 1 amide bonds. The van der Waals surface area contributed by atoms with E-state index < -0.39 is 5.91 Å². The summed E-state index contributed by atoms with van der Waals surface area (Å²) in [6.07, 6.45) is 2.45. The lowest BCUT2D eigenvalue weighted by Crippen LogP contribution is -2.16. The Labute approximate surface area is 144 Å². The minimum Gasteiger partial charge on any atom is -0.454 e. The highest BCUT2D eigenvalue weighted by Crippen LogP contribution is 2.32. The fourth-order valence-electron chi connectivity index (χ4n) is 3.17. The maximum absolute atomic E-state index is 11.2. The van der Waals surface area contributed by atoms with Gasteiger partial charge in [0.25, 0.3) is 0 Å². The van der Waals surface area contributed by atoms with Crippen LogP contribution in [0.15, 0.2) is 18.2 Å². The number of hydrogen-bond acceptors (Lipinski definition) is 6. The van der Waals surface area contributed by atoms with Gasteiger partial charge >= 0.3 is 0 Å². The van der Waals surface area contributed by atoms with Crippen LogP contribution in [0.3, 0.4) is 0 Å². The lowest BCUT2D eigenvalue weighted by atomic mass is 10.1. The SMILES string of the molecule is NC(=O)Cc1nc(CCc2ccc3c(c2)OCO3)n(C2CCOC2)n1. The van der Waals surface area contributed by atoms with E-state index in [-0.39, 0.29) is 19.3 Å². The van der Waals surface area contributed by atoms with Crippen molar-refractivity contribution < 1.29 is 19.0 Å². The van der Waals surface area contributed by atoms with E-state index in [9.17, 15) is 4.79 Å². The summed E-state index contributed by atoms with van der Waals surface area (Å²) in [7, 11) is 0. The van der Waals surface area contributed by atoms with E-state index in [1.165, 1.54) is 0 Å². The van der Waals surface area contributed by atoms with Crippen LogP contribution in [0, 0.1) is 0 Å². The molecule has 132 valence electrons. The van der Waals surface area contributed by atoms with Crippen molar-refractivity contribution in [3.63, 3.8) is 0 Å². The first kappa shape index (κ1) is 15.9. The smallest absolute Gasteiger partial charge is 0.231 e. The molecule has 2 N–H and O–H groups in total. The van der Waals surface area contributed by atoms with E-state index in [0.29, 0.717) is 18.9 Å². The van der Waals surface area contributed by atoms with Crippen LogP contribution in [-0.2, 0) is 28.8 Å². The third-order valence-corrected chi connectivity index (χ3v) is 4.40. The van der Waals surface area contributed by atoms with Gasteiger partial charge in [0.2, 0.25) is 12.7 Å². The number of rotatable bonds is 6. The zero-order chi connectivity index (χ0) is 17.2. The Balaban J connectivity index is 1.52. The van der Waals surface area contributed by atoms with E-state index in [0.717, 1.165) is 42.3 Å². The highest BCUT2D eigenvalue weighted by molar-refractivity contribution is 5.75. The molecule has 8 heteroatoms. The van der Waals surface area contributed by atoms with Crippen molar-refractivity contribution in [3.05, 3.63) is 35.4 Å². The minimum atomic E-state index is -0.429. The molecule has 1 saturated heterocycles. The summed E-state index contributed by atoms with van der Waals surface area (Å²) in [6, 6.07) is 6.11. The molecular weight excluding hydrogens is 324 g/mol. The number of nitrogens with two attached hydrogens (primary N) is 1. The zero-order valence-corrected chi connectivity index (χ0v) is 13.8. The van der Waals surface area contributed by atoms with Gasteiger partial charge in [-0.25, -0.2) is 9.67 Å². The summed E-state index contributed by atoms with van der Waals surface area (Å²) in [6.45, 7) is 1.61. The first-order valence-corrected chi connectivity index (χ1v) is 8.38. The van der Waals surface area contributed by atoms with Gasteiger partial charge in [0, 0.05) is 13.0 Å². The Morgan fingerprint density at radius 2 is 2.16 bits per heavy atom. The summed E-state index contributed by atoms with van der Waals surface area (Å²) in [5.41, 5.74) is 6.41. The van der Waals surface area contributed by atoms with Crippen LogP contribution in [-0.4, -0.2) is 40.7 Å². The van der Waals surface area contributed by atoms with Gasteiger partial charge in [0.1, 0.15) is 5.82 Å². The van der Waals surface area contributed by atoms with Gasteiger partial charge in [-0.2, -0.15) is 5.10 Å². The Morgan fingerprint density at radius 3 is 2.96 bits per heavy atom. The van der Waals surface area contributed by atoms with Crippen LogP contribution in [0.25, 0.3) is 0 Å². The van der Waals surface area contributed by atoms with Crippen LogP contribution in [0.2, 0.25) is 0 Å². The molecule has 25 heavy (non-hydrogen) atoms. The number of carbonyl (C=O) groups is 1. The number of benzene rings is 1. The lowest BCUT2D eigenvalue weighted by molar-refractivity contribution is -0.117. The van der Waals surface area contributed by atoms with Gasteiger partial charge in [-0.15, -0.1) is 0 Å². The van der Waals surface area contributed by atoms with Gasteiger partial charge in [0.05, 0.1) is 19.1 Å². The number of aromatic nitrogens is 3. The molecule has 0 aliphatic carbocycles. The number of hydrogen-bond donors (Lipinski definition) is 1. The molecule has 0 spiro atoms. The second kappa shape index (κ2) is 6.72. The molecule has 0 bridgehead atoms. The number of primary amides is 1. The molecule has 4 rings (SSSR count). The van der Waals surface area contributed by atoms with E-state index in [1.54, 1.807) is 0 Å². The Kier molecular flexibility index (Phi) is 4.27. The van der Waals surface area contributed by atoms with Gasteiger partial charge in [-0.05, 0) is 30.5 Å². The standard InChI is InChI=1S/C17H20N4O4/c18-15(22)8-16-19-17(21(20-16)12-5-6-23-9-12)4-2-11-1-3-13-14(7-11)25-10-24-13/h1,3,7,12H,2,4-6,8-10H2,(H2,18,22). The zero-order valence-electron chi connectivity index (χ0n) is 13.8. The fraction of sp³-hybridized carbons (Fsp3) is 0.471. The molecule has 1 aromatic carbocycles. The summed E-state index contributed by atoms with van der Waals surface area (Å²) >= 11 is 0.